The van der Waals surface area contributed by atoms with Gasteiger partial charge in [-0.3, -0.25) is 0 Å². The van der Waals surface area contributed by atoms with Gasteiger partial charge in [-0.1, -0.05) is 29.8 Å². The molecule has 0 aliphatic rings. The van der Waals surface area contributed by atoms with Crippen LogP contribution < -0.4 is 4.74 Å². The van der Waals surface area contributed by atoms with Crippen LogP contribution in [0.2, 0.25) is 5.15 Å². The molecule has 0 aliphatic carbocycles. The zero-order chi connectivity index (χ0) is 15.9. The van der Waals surface area contributed by atoms with Crippen molar-refractivity contribution in [1.82, 2.24) is 9.97 Å². The molecule has 0 fully saturated rings. The second-order valence-electron chi connectivity index (χ2n) is 4.04. The number of aromatic nitrogens is 2. The van der Waals surface area contributed by atoms with Crippen molar-refractivity contribution in [3.63, 3.8) is 0 Å². The largest absolute Gasteiger partial charge is 0.503 e. The van der Waals surface area contributed by atoms with E-state index in [9.17, 15) is 4.79 Å². The highest BCUT2D eigenvalue weighted by Crippen LogP contribution is 2.30. The van der Waals surface area contributed by atoms with E-state index < -0.39 is 5.97 Å². The standard InChI is InChI=1S/C15H13ClN2O4/c1-20-8-11(15(19)21-2)10-5-3-4-6-12(10)22-14-7-13(16)17-9-18-14/h3-9H,1-2H3/b11-8-. The number of nitrogens with zero attached hydrogens (tertiary/aromatic N) is 2. The Kier molecular flexibility index (Phi) is 5.32. The molecular weight excluding hydrogens is 308 g/mol. The van der Waals surface area contributed by atoms with Crippen molar-refractivity contribution in [3.8, 4) is 11.6 Å². The Hall–Kier alpha value is -2.60. The van der Waals surface area contributed by atoms with Crippen LogP contribution in [0.15, 0.2) is 42.9 Å². The Labute approximate surface area is 132 Å². The molecule has 1 heterocycles. The molecule has 1 aromatic heterocycles. The molecule has 0 saturated heterocycles. The molecule has 0 N–H and O–H groups in total. The SMILES string of the molecule is CO/C=C(\C(=O)OC)c1ccccc1Oc1cc(Cl)ncn1. The van der Waals surface area contributed by atoms with E-state index in [1.807, 2.05) is 0 Å². The molecule has 6 nitrogen and oxygen atoms in total. The van der Waals surface area contributed by atoms with Gasteiger partial charge in [0.25, 0.3) is 0 Å². The smallest absolute Gasteiger partial charge is 0.341 e. The number of carbonyl (C=O) groups excluding carboxylic acids is 1. The number of para-hydroxylation sites is 1. The van der Waals surface area contributed by atoms with Crippen molar-refractivity contribution in [3.05, 3.63) is 53.6 Å². The summed E-state index contributed by atoms with van der Waals surface area (Å²) in [4.78, 5) is 19.6. The van der Waals surface area contributed by atoms with Crippen LogP contribution in [-0.2, 0) is 14.3 Å². The molecular formula is C15H13ClN2O4. The van der Waals surface area contributed by atoms with Crippen LogP contribution in [0, 0.1) is 0 Å². The van der Waals surface area contributed by atoms with Gasteiger partial charge in [0, 0.05) is 11.6 Å². The summed E-state index contributed by atoms with van der Waals surface area (Å²) in [7, 11) is 2.73. The van der Waals surface area contributed by atoms with Crippen LogP contribution in [0.1, 0.15) is 5.56 Å². The second kappa shape index (κ2) is 7.42. The van der Waals surface area contributed by atoms with E-state index in [4.69, 9.17) is 25.8 Å². The minimum Gasteiger partial charge on any atom is -0.503 e. The minimum atomic E-state index is -0.543. The van der Waals surface area contributed by atoms with E-state index in [2.05, 4.69) is 9.97 Å². The van der Waals surface area contributed by atoms with Gasteiger partial charge in [0.1, 0.15) is 22.8 Å². The molecule has 7 heteroatoms. The molecule has 22 heavy (non-hydrogen) atoms. The number of rotatable bonds is 5. The van der Waals surface area contributed by atoms with Crippen LogP contribution in [0.25, 0.3) is 5.57 Å². The average Bonchev–Trinajstić information content (AvgIpc) is 2.53. The van der Waals surface area contributed by atoms with Gasteiger partial charge in [0.2, 0.25) is 5.88 Å². The van der Waals surface area contributed by atoms with Crippen LogP contribution >= 0.6 is 11.6 Å². The Morgan fingerprint density at radius 3 is 2.68 bits per heavy atom. The lowest BCUT2D eigenvalue weighted by Crippen LogP contribution is -2.06. The summed E-state index contributed by atoms with van der Waals surface area (Å²) in [6.45, 7) is 0. The van der Waals surface area contributed by atoms with E-state index >= 15 is 0 Å². The maximum absolute atomic E-state index is 11.9. The summed E-state index contributed by atoms with van der Waals surface area (Å²) in [5, 5.41) is 0.253. The first-order valence-corrected chi connectivity index (χ1v) is 6.59. The molecule has 0 saturated carbocycles. The molecule has 0 atom stereocenters. The third-order valence-corrected chi connectivity index (χ3v) is 2.85. The van der Waals surface area contributed by atoms with Crippen molar-refractivity contribution >= 4 is 23.1 Å². The number of hydrogen-bond acceptors (Lipinski definition) is 6. The third-order valence-electron chi connectivity index (χ3n) is 2.64. The van der Waals surface area contributed by atoms with Gasteiger partial charge >= 0.3 is 5.97 Å². The molecule has 0 amide bonds. The fourth-order valence-electron chi connectivity index (χ4n) is 1.71. The van der Waals surface area contributed by atoms with Crippen molar-refractivity contribution < 1.29 is 19.0 Å². The fourth-order valence-corrected chi connectivity index (χ4v) is 1.85. The fraction of sp³-hybridized carbons (Fsp3) is 0.133. The number of methoxy groups -OCH3 is 2. The topological polar surface area (TPSA) is 70.5 Å². The summed E-state index contributed by atoms with van der Waals surface area (Å²) in [5.74, 6) is 0.124. The number of carbonyl (C=O) groups is 1. The Balaban J connectivity index is 2.41. The lowest BCUT2D eigenvalue weighted by molar-refractivity contribution is -0.133. The summed E-state index contributed by atoms with van der Waals surface area (Å²) in [6, 6.07) is 8.40. The Morgan fingerprint density at radius 2 is 2.00 bits per heavy atom. The van der Waals surface area contributed by atoms with Crippen molar-refractivity contribution in [2.24, 2.45) is 0 Å². The minimum absolute atomic E-state index is 0.223. The first kappa shape index (κ1) is 15.8. The predicted molar refractivity (Wildman–Crippen MR) is 80.6 cm³/mol. The maximum Gasteiger partial charge on any atom is 0.341 e. The number of esters is 1. The van der Waals surface area contributed by atoms with Gasteiger partial charge in [-0.05, 0) is 6.07 Å². The maximum atomic E-state index is 11.9. The van der Waals surface area contributed by atoms with E-state index in [0.29, 0.717) is 11.3 Å². The molecule has 2 aromatic rings. The number of benzene rings is 1. The van der Waals surface area contributed by atoms with Gasteiger partial charge in [-0.2, -0.15) is 0 Å². The summed E-state index contributed by atoms with van der Waals surface area (Å²) < 4.78 is 15.4. The van der Waals surface area contributed by atoms with Gasteiger partial charge < -0.3 is 14.2 Å². The Bertz CT molecular complexity index is 703. The molecule has 0 bridgehead atoms. The zero-order valence-electron chi connectivity index (χ0n) is 11.9. The highest BCUT2D eigenvalue weighted by atomic mass is 35.5. The highest BCUT2D eigenvalue weighted by Gasteiger charge is 2.18. The number of ether oxygens (including phenoxy) is 3. The molecule has 0 spiro atoms. The Morgan fingerprint density at radius 1 is 1.23 bits per heavy atom. The van der Waals surface area contributed by atoms with Gasteiger partial charge in [0.05, 0.1) is 20.5 Å². The quantitative estimate of drug-likeness (QED) is 0.365. The molecule has 0 unspecified atom stereocenters. The predicted octanol–water partition coefficient (Wildman–Crippen LogP) is 3.08. The van der Waals surface area contributed by atoms with Crippen LogP contribution in [0.5, 0.6) is 11.6 Å². The van der Waals surface area contributed by atoms with E-state index in [0.717, 1.165) is 0 Å². The van der Waals surface area contributed by atoms with E-state index in [1.165, 1.54) is 32.9 Å². The lowest BCUT2D eigenvalue weighted by Gasteiger charge is -2.11. The normalized spacial score (nSPS) is 11.0. The molecule has 2 rings (SSSR count). The van der Waals surface area contributed by atoms with Crippen molar-refractivity contribution in [2.75, 3.05) is 14.2 Å². The molecule has 114 valence electrons. The van der Waals surface area contributed by atoms with Crippen molar-refractivity contribution in [2.45, 2.75) is 0 Å². The van der Waals surface area contributed by atoms with Crippen LogP contribution in [0.3, 0.4) is 0 Å². The molecule has 1 aromatic carbocycles. The average molecular weight is 321 g/mol. The zero-order valence-corrected chi connectivity index (χ0v) is 12.7. The summed E-state index contributed by atoms with van der Waals surface area (Å²) in [6.07, 6.45) is 2.58. The first-order chi connectivity index (χ1) is 10.7. The van der Waals surface area contributed by atoms with Gasteiger partial charge in [-0.25, -0.2) is 14.8 Å². The number of halogens is 1. The van der Waals surface area contributed by atoms with Crippen LogP contribution in [0.4, 0.5) is 0 Å². The first-order valence-electron chi connectivity index (χ1n) is 6.21. The lowest BCUT2D eigenvalue weighted by atomic mass is 10.1. The number of hydrogen-bond donors (Lipinski definition) is 0. The van der Waals surface area contributed by atoms with E-state index in [-0.39, 0.29) is 16.6 Å². The van der Waals surface area contributed by atoms with E-state index in [1.54, 1.807) is 24.3 Å². The van der Waals surface area contributed by atoms with Crippen molar-refractivity contribution in [1.29, 1.82) is 0 Å². The van der Waals surface area contributed by atoms with Gasteiger partial charge in [0.15, 0.2) is 0 Å². The summed E-state index contributed by atoms with van der Waals surface area (Å²) >= 11 is 5.80. The third kappa shape index (κ3) is 3.73. The monoisotopic (exact) mass is 320 g/mol. The molecule has 0 aliphatic heterocycles. The summed E-state index contributed by atoms with van der Waals surface area (Å²) in [5.41, 5.74) is 0.728. The highest BCUT2D eigenvalue weighted by molar-refractivity contribution is 6.29. The van der Waals surface area contributed by atoms with Crippen LogP contribution in [-0.4, -0.2) is 30.2 Å². The van der Waals surface area contributed by atoms with Gasteiger partial charge in [-0.15, -0.1) is 0 Å². The molecule has 0 radical (unpaired) electrons. The second-order valence-corrected chi connectivity index (χ2v) is 4.42.